The highest BCUT2D eigenvalue weighted by atomic mass is 16.2. The van der Waals surface area contributed by atoms with Crippen LogP contribution in [0.5, 0.6) is 0 Å². The van der Waals surface area contributed by atoms with Crippen LogP contribution in [0.4, 0.5) is 4.79 Å². The first-order valence-electron chi connectivity index (χ1n) is 10.0. The van der Waals surface area contributed by atoms with Gasteiger partial charge in [0.05, 0.1) is 30.5 Å². The van der Waals surface area contributed by atoms with Crippen LogP contribution in [0.25, 0.3) is 0 Å². The maximum Gasteiger partial charge on any atom is 0.319 e. The number of piperidine rings is 1. The van der Waals surface area contributed by atoms with Crippen LogP contribution in [0.15, 0.2) is 6.07 Å². The van der Waals surface area contributed by atoms with Crippen LogP contribution >= 0.6 is 0 Å². The number of likely N-dealkylation sites (N-methyl/N-ethyl adjacent to an activating group) is 1. The van der Waals surface area contributed by atoms with E-state index in [1.165, 1.54) is 6.42 Å². The van der Waals surface area contributed by atoms with Crippen LogP contribution in [-0.4, -0.2) is 76.2 Å². The lowest BCUT2D eigenvalue weighted by atomic mass is 10.0. The number of urea groups is 1. The van der Waals surface area contributed by atoms with Crippen LogP contribution < -0.4 is 5.32 Å². The standard InChI is InChI=1S/C19H32N6O2/c1-4-23-9-6-5-8-17(23)18(26)20-13-15-12-16-14-24(19(27)22(2)3)10-7-11-25(16)21-15/h12,17H,4-11,13-14H2,1-3H3,(H,20,26). The second-order valence-electron chi connectivity index (χ2n) is 7.66. The minimum Gasteiger partial charge on any atom is -0.349 e. The van der Waals surface area contributed by atoms with Gasteiger partial charge in [-0.3, -0.25) is 14.4 Å². The molecule has 1 unspecified atom stereocenters. The molecule has 1 saturated heterocycles. The van der Waals surface area contributed by atoms with Crippen molar-refractivity contribution in [3.63, 3.8) is 0 Å². The van der Waals surface area contributed by atoms with Crippen LogP contribution in [-0.2, 0) is 24.4 Å². The lowest BCUT2D eigenvalue weighted by molar-refractivity contribution is -0.127. The van der Waals surface area contributed by atoms with E-state index in [1.54, 1.807) is 19.0 Å². The number of likely N-dealkylation sites (tertiary alicyclic amines) is 1. The number of amides is 3. The molecule has 8 heteroatoms. The van der Waals surface area contributed by atoms with Crippen LogP contribution in [0.3, 0.4) is 0 Å². The van der Waals surface area contributed by atoms with Gasteiger partial charge in [-0.2, -0.15) is 5.10 Å². The number of nitrogens with zero attached hydrogens (tertiary/aromatic N) is 5. The van der Waals surface area contributed by atoms with E-state index in [0.717, 1.165) is 56.8 Å². The zero-order valence-corrected chi connectivity index (χ0v) is 16.8. The quantitative estimate of drug-likeness (QED) is 0.859. The Balaban J connectivity index is 1.60. The summed E-state index contributed by atoms with van der Waals surface area (Å²) in [5.74, 6) is 0.101. The van der Waals surface area contributed by atoms with Crippen molar-refractivity contribution < 1.29 is 9.59 Å². The summed E-state index contributed by atoms with van der Waals surface area (Å²) in [6, 6.07) is 2.02. The second kappa shape index (κ2) is 8.73. The molecule has 3 rings (SSSR count). The topological polar surface area (TPSA) is 73.7 Å². The number of hydrogen-bond acceptors (Lipinski definition) is 4. The van der Waals surface area contributed by atoms with Crippen molar-refractivity contribution in [1.29, 1.82) is 0 Å². The minimum atomic E-state index is -0.0163. The number of carbonyl (C=O) groups is 2. The summed E-state index contributed by atoms with van der Waals surface area (Å²) in [5.41, 5.74) is 1.89. The van der Waals surface area contributed by atoms with Gasteiger partial charge in [-0.05, 0) is 38.4 Å². The van der Waals surface area contributed by atoms with E-state index in [0.29, 0.717) is 13.1 Å². The van der Waals surface area contributed by atoms with E-state index in [9.17, 15) is 9.59 Å². The molecule has 150 valence electrons. The third-order valence-electron chi connectivity index (χ3n) is 5.48. The molecule has 0 aromatic carbocycles. The molecule has 3 heterocycles. The minimum absolute atomic E-state index is 0.0163. The summed E-state index contributed by atoms with van der Waals surface area (Å²) in [6.07, 6.45) is 4.10. The van der Waals surface area contributed by atoms with Gasteiger partial charge in [-0.1, -0.05) is 13.3 Å². The predicted octanol–water partition coefficient (Wildman–Crippen LogP) is 1.26. The van der Waals surface area contributed by atoms with E-state index >= 15 is 0 Å². The molecule has 0 spiro atoms. The molecule has 0 bridgehead atoms. The van der Waals surface area contributed by atoms with E-state index in [4.69, 9.17) is 0 Å². The van der Waals surface area contributed by atoms with E-state index < -0.39 is 0 Å². The molecule has 1 aromatic heterocycles. The molecule has 2 aliphatic rings. The first-order chi connectivity index (χ1) is 13.0. The maximum atomic E-state index is 12.6. The van der Waals surface area contributed by atoms with Gasteiger partial charge in [-0.15, -0.1) is 0 Å². The van der Waals surface area contributed by atoms with E-state index in [2.05, 4.69) is 22.2 Å². The van der Waals surface area contributed by atoms with Gasteiger partial charge in [-0.25, -0.2) is 4.79 Å². The zero-order chi connectivity index (χ0) is 19.4. The average Bonchev–Trinajstić information content (AvgIpc) is 2.95. The number of nitrogens with one attached hydrogen (secondary N) is 1. The normalized spacial score (nSPS) is 20.7. The van der Waals surface area contributed by atoms with Crippen molar-refractivity contribution in [3.05, 3.63) is 17.5 Å². The number of carbonyl (C=O) groups excluding carboxylic acids is 2. The van der Waals surface area contributed by atoms with Gasteiger partial charge in [0.1, 0.15) is 0 Å². The molecule has 1 atom stereocenters. The number of hydrogen-bond donors (Lipinski definition) is 1. The van der Waals surface area contributed by atoms with E-state index in [1.807, 2.05) is 15.6 Å². The molecule has 1 aromatic rings. The Morgan fingerprint density at radius 2 is 2.04 bits per heavy atom. The van der Waals surface area contributed by atoms with Crippen molar-refractivity contribution in [2.75, 3.05) is 33.7 Å². The Morgan fingerprint density at radius 3 is 2.78 bits per heavy atom. The Morgan fingerprint density at radius 1 is 1.22 bits per heavy atom. The summed E-state index contributed by atoms with van der Waals surface area (Å²) < 4.78 is 1.98. The van der Waals surface area contributed by atoms with E-state index in [-0.39, 0.29) is 18.0 Å². The van der Waals surface area contributed by atoms with Crippen molar-refractivity contribution in [2.24, 2.45) is 0 Å². The fourth-order valence-corrected chi connectivity index (χ4v) is 4.02. The Bertz CT molecular complexity index is 671. The summed E-state index contributed by atoms with van der Waals surface area (Å²) in [4.78, 5) is 30.6. The third-order valence-corrected chi connectivity index (χ3v) is 5.48. The lowest BCUT2D eigenvalue weighted by Crippen LogP contribution is -2.49. The molecule has 8 nitrogen and oxygen atoms in total. The first-order valence-corrected chi connectivity index (χ1v) is 10.0. The van der Waals surface area contributed by atoms with Crippen LogP contribution in [0.1, 0.15) is 44.0 Å². The van der Waals surface area contributed by atoms with Gasteiger partial charge in [0.15, 0.2) is 0 Å². The molecule has 3 amide bonds. The highest BCUT2D eigenvalue weighted by molar-refractivity contribution is 5.81. The van der Waals surface area contributed by atoms with Gasteiger partial charge >= 0.3 is 6.03 Å². The number of aryl methyl sites for hydroxylation is 1. The maximum absolute atomic E-state index is 12.6. The number of rotatable bonds is 4. The first kappa shape index (κ1) is 19.7. The molecule has 1 N–H and O–H groups in total. The highest BCUT2D eigenvalue weighted by Gasteiger charge is 2.27. The smallest absolute Gasteiger partial charge is 0.319 e. The van der Waals surface area contributed by atoms with Crippen molar-refractivity contribution in [1.82, 2.24) is 29.8 Å². The molecule has 27 heavy (non-hydrogen) atoms. The lowest BCUT2D eigenvalue weighted by Gasteiger charge is -2.33. The summed E-state index contributed by atoms with van der Waals surface area (Å²) in [6.45, 7) is 6.56. The van der Waals surface area contributed by atoms with Gasteiger partial charge in [0.25, 0.3) is 0 Å². The fraction of sp³-hybridized carbons (Fsp3) is 0.737. The van der Waals surface area contributed by atoms with Crippen LogP contribution in [0, 0.1) is 0 Å². The SMILES string of the molecule is CCN1CCCCC1C(=O)NCc1cc2n(n1)CCCN(C(=O)N(C)C)C2. The summed E-state index contributed by atoms with van der Waals surface area (Å²) >= 11 is 0. The Kier molecular flexibility index (Phi) is 6.36. The van der Waals surface area contributed by atoms with Gasteiger partial charge in [0.2, 0.25) is 5.91 Å². The fourth-order valence-electron chi connectivity index (χ4n) is 4.02. The number of fused-ring (bicyclic) bond motifs is 1. The zero-order valence-electron chi connectivity index (χ0n) is 16.8. The molecular formula is C19H32N6O2. The molecule has 0 saturated carbocycles. The number of aromatic nitrogens is 2. The van der Waals surface area contributed by atoms with Crippen molar-refractivity contribution in [2.45, 2.75) is 58.3 Å². The average molecular weight is 377 g/mol. The molecule has 0 aliphatic carbocycles. The van der Waals surface area contributed by atoms with Crippen molar-refractivity contribution >= 4 is 11.9 Å². The second-order valence-corrected chi connectivity index (χ2v) is 7.66. The Labute approximate surface area is 161 Å². The molecule has 2 aliphatic heterocycles. The predicted molar refractivity (Wildman–Crippen MR) is 103 cm³/mol. The monoisotopic (exact) mass is 376 g/mol. The molecular weight excluding hydrogens is 344 g/mol. The Hall–Kier alpha value is -2.09. The van der Waals surface area contributed by atoms with Gasteiger partial charge < -0.3 is 15.1 Å². The van der Waals surface area contributed by atoms with Gasteiger partial charge in [0, 0.05) is 27.2 Å². The van der Waals surface area contributed by atoms with Crippen molar-refractivity contribution in [3.8, 4) is 0 Å². The summed E-state index contributed by atoms with van der Waals surface area (Å²) in [7, 11) is 3.55. The summed E-state index contributed by atoms with van der Waals surface area (Å²) in [5, 5.41) is 7.71. The molecule has 0 radical (unpaired) electrons. The third kappa shape index (κ3) is 4.61. The van der Waals surface area contributed by atoms with Crippen LogP contribution in [0.2, 0.25) is 0 Å². The highest BCUT2D eigenvalue weighted by Crippen LogP contribution is 2.18. The molecule has 1 fully saturated rings. The largest absolute Gasteiger partial charge is 0.349 e.